The van der Waals surface area contributed by atoms with Crippen molar-refractivity contribution in [2.24, 2.45) is 7.05 Å². The molecule has 1 saturated heterocycles. The molecule has 0 bridgehead atoms. The van der Waals surface area contributed by atoms with Gasteiger partial charge in [0.15, 0.2) is 5.16 Å². The van der Waals surface area contributed by atoms with Gasteiger partial charge in [0.2, 0.25) is 5.91 Å². The van der Waals surface area contributed by atoms with E-state index in [0.717, 1.165) is 34.3 Å². The van der Waals surface area contributed by atoms with Gasteiger partial charge in [0.25, 0.3) is 5.91 Å². The fraction of sp³-hybridized carbons (Fsp3) is 0.471. The highest BCUT2D eigenvalue weighted by Gasteiger charge is 2.31. The minimum absolute atomic E-state index is 0.0115. The number of imidazole rings is 1. The summed E-state index contributed by atoms with van der Waals surface area (Å²) in [4.78, 5) is 34.4. The lowest BCUT2D eigenvalue weighted by Gasteiger charge is -2.23. The Hall–Kier alpha value is -1.80. The first-order valence-corrected chi connectivity index (χ1v) is 9.98. The molecular formula is C17H22N4O2S2. The lowest BCUT2D eigenvalue weighted by atomic mass is 10.2. The quantitative estimate of drug-likeness (QED) is 0.751. The smallest absolute Gasteiger partial charge is 0.263 e. The van der Waals surface area contributed by atoms with Gasteiger partial charge in [-0.15, -0.1) is 11.3 Å². The average molecular weight is 379 g/mol. The number of carbonyl (C=O) groups is 2. The zero-order valence-corrected chi connectivity index (χ0v) is 16.3. The molecule has 3 rings (SSSR count). The van der Waals surface area contributed by atoms with Crippen LogP contribution < -0.4 is 0 Å². The molecule has 0 aromatic carbocycles. The highest BCUT2D eigenvalue weighted by atomic mass is 32.2. The molecule has 2 aromatic rings. The Morgan fingerprint density at radius 1 is 1.40 bits per heavy atom. The SMILES string of the molecule is CN(C)C(=O)c1ccc([C@H]2CCCN2C(=O)CSc2nccn2C)s1. The van der Waals surface area contributed by atoms with Gasteiger partial charge in [-0.05, 0) is 25.0 Å². The van der Waals surface area contributed by atoms with Crippen LogP contribution in [0.3, 0.4) is 0 Å². The van der Waals surface area contributed by atoms with E-state index in [2.05, 4.69) is 4.98 Å². The highest BCUT2D eigenvalue weighted by molar-refractivity contribution is 7.99. The Balaban J connectivity index is 1.67. The summed E-state index contributed by atoms with van der Waals surface area (Å²) in [5, 5.41) is 0.846. The van der Waals surface area contributed by atoms with Crippen molar-refractivity contribution < 1.29 is 9.59 Å². The Bertz CT molecular complexity index is 768. The third-order valence-corrected chi connectivity index (χ3v) is 6.46. The van der Waals surface area contributed by atoms with Gasteiger partial charge in [-0.25, -0.2) is 4.98 Å². The lowest BCUT2D eigenvalue weighted by Crippen LogP contribution is -2.31. The number of aryl methyl sites for hydroxylation is 1. The Labute approximate surface area is 155 Å². The van der Waals surface area contributed by atoms with Crippen LogP contribution in [0.5, 0.6) is 0 Å². The van der Waals surface area contributed by atoms with Crippen LogP contribution in [0.2, 0.25) is 0 Å². The second kappa shape index (κ2) is 7.61. The lowest BCUT2D eigenvalue weighted by molar-refractivity contribution is -0.129. The molecule has 0 spiro atoms. The molecule has 8 heteroatoms. The molecule has 25 heavy (non-hydrogen) atoms. The molecule has 0 unspecified atom stereocenters. The first kappa shape index (κ1) is 18.0. The van der Waals surface area contributed by atoms with Crippen molar-refractivity contribution in [3.8, 4) is 0 Å². The molecule has 2 amide bonds. The third kappa shape index (κ3) is 3.90. The van der Waals surface area contributed by atoms with Gasteiger partial charge in [0.1, 0.15) is 0 Å². The van der Waals surface area contributed by atoms with Crippen LogP contribution in [0.4, 0.5) is 0 Å². The van der Waals surface area contributed by atoms with Crippen molar-refractivity contribution >= 4 is 34.9 Å². The second-order valence-corrected chi connectivity index (χ2v) is 8.31. The Morgan fingerprint density at radius 3 is 2.88 bits per heavy atom. The van der Waals surface area contributed by atoms with Gasteiger partial charge >= 0.3 is 0 Å². The van der Waals surface area contributed by atoms with E-state index in [-0.39, 0.29) is 17.9 Å². The van der Waals surface area contributed by atoms with E-state index in [1.165, 1.54) is 23.1 Å². The summed E-state index contributed by atoms with van der Waals surface area (Å²) in [6.07, 6.45) is 5.56. The Kier molecular flexibility index (Phi) is 5.48. The number of hydrogen-bond acceptors (Lipinski definition) is 5. The van der Waals surface area contributed by atoms with Crippen LogP contribution in [0.25, 0.3) is 0 Å². The number of nitrogens with zero attached hydrogens (tertiary/aromatic N) is 4. The van der Waals surface area contributed by atoms with Crippen LogP contribution in [0, 0.1) is 0 Å². The third-order valence-electron chi connectivity index (χ3n) is 4.25. The van der Waals surface area contributed by atoms with Gasteiger partial charge in [0, 0.05) is 45.0 Å². The number of aromatic nitrogens is 2. The van der Waals surface area contributed by atoms with Crippen LogP contribution in [-0.2, 0) is 11.8 Å². The molecule has 0 N–H and O–H groups in total. The normalized spacial score (nSPS) is 17.1. The summed E-state index contributed by atoms with van der Waals surface area (Å²) in [6, 6.07) is 3.94. The van der Waals surface area contributed by atoms with E-state index in [1.54, 1.807) is 25.2 Å². The summed E-state index contributed by atoms with van der Waals surface area (Å²) in [7, 11) is 5.43. The van der Waals surface area contributed by atoms with Crippen LogP contribution in [-0.4, -0.2) is 57.6 Å². The minimum atomic E-state index is 0.0115. The van der Waals surface area contributed by atoms with Crippen molar-refractivity contribution in [2.45, 2.75) is 24.0 Å². The molecular weight excluding hydrogens is 356 g/mol. The van der Waals surface area contributed by atoms with Crippen molar-refractivity contribution in [3.05, 3.63) is 34.3 Å². The molecule has 3 heterocycles. The molecule has 1 aliphatic heterocycles. The largest absolute Gasteiger partial charge is 0.344 e. The fourth-order valence-electron chi connectivity index (χ4n) is 2.93. The molecule has 6 nitrogen and oxygen atoms in total. The minimum Gasteiger partial charge on any atom is -0.344 e. The molecule has 0 aliphatic carbocycles. The number of thioether (sulfide) groups is 1. The van der Waals surface area contributed by atoms with Gasteiger partial charge in [0.05, 0.1) is 16.7 Å². The summed E-state index contributed by atoms with van der Waals surface area (Å²) in [5.74, 6) is 0.526. The highest BCUT2D eigenvalue weighted by Crippen LogP contribution is 2.36. The molecule has 1 atom stereocenters. The second-order valence-electron chi connectivity index (χ2n) is 6.26. The van der Waals surface area contributed by atoms with Crippen LogP contribution in [0.1, 0.15) is 33.4 Å². The van der Waals surface area contributed by atoms with Crippen molar-refractivity contribution in [3.63, 3.8) is 0 Å². The summed E-state index contributed by atoms with van der Waals surface area (Å²) >= 11 is 2.96. The number of likely N-dealkylation sites (tertiary alicyclic amines) is 1. The zero-order chi connectivity index (χ0) is 18.0. The van der Waals surface area contributed by atoms with Gasteiger partial charge in [-0.3, -0.25) is 9.59 Å². The average Bonchev–Trinajstić information content (AvgIpc) is 3.31. The zero-order valence-electron chi connectivity index (χ0n) is 14.6. The molecule has 1 aliphatic rings. The summed E-state index contributed by atoms with van der Waals surface area (Å²) in [6.45, 7) is 0.777. The van der Waals surface area contributed by atoms with E-state index < -0.39 is 0 Å². The van der Waals surface area contributed by atoms with Crippen LogP contribution in [0.15, 0.2) is 29.7 Å². The maximum atomic E-state index is 12.7. The van der Waals surface area contributed by atoms with E-state index in [4.69, 9.17) is 0 Å². The van der Waals surface area contributed by atoms with Crippen molar-refractivity contribution in [1.29, 1.82) is 0 Å². The first-order valence-electron chi connectivity index (χ1n) is 8.18. The first-order chi connectivity index (χ1) is 12.0. The van der Waals surface area contributed by atoms with E-state index in [9.17, 15) is 9.59 Å². The number of rotatable bonds is 5. The van der Waals surface area contributed by atoms with Crippen LogP contribution >= 0.6 is 23.1 Å². The molecule has 0 radical (unpaired) electrons. The monoisotopic (exact) mass is 378 g/mol. The van der Waals surface area contributed by atoms with Gasteiger partial charge < -0.3 is 14.4 Å². The predicted octanol–water partition coefficient (Wildman–Crippen LogP) is 2.64. The molecule has 134 valence electrons. The Morgan fingerprint density at radius 2 is 2.20 bits per heavy atom. The summed E-state index contributed by atoms with van der Waals surface area (Å²) in [5.41, 5.74) is 0. The maximum Gasteiger partial charge on any atom is 0.263 e. The number of amides is 2. The van der Waals surface area contributed by atoms with Crippen molar-refractivity contribution in [2.75, 3.05) is 26.4 Å². The maximum absolute atomic E-state index is 12.7. The molecule has 0 saturated carbocycles. The predicted molar refractivity (Wildman–Crippen MR) is 100.0 cm³/mol. The van der Waals surface area contributed by atoms with Gasteiger partial charge in [-0.1, -0.05) is 11.8 Å². The van der Waals surface area contributed by atoms with E-state index in [0.29, 0.717) is 5.75 Å². The van der Waals surface area contributed by atoms with Crippen molar-refractivity contribution in [1.82, 2.24) is 19.4 Å². The molecule has 2 aromatic heterocycles. The summed E-state index contributed by atoms with van der Waals surface area (Å²) < 4.78 is 1.91. The standard InChI is InChI=1S/C17H22N4O2S2/c1-19(2)16(23)14-7-6-13(25-14)12-5-4-9-21(12)15(22)11-24-17-18-8-10-20(17)3/h6-8,10,12H,4-5,9,11H2,1-3H3/t12-/m1/s1. The number of thiophene rings is 1. The number of carbonyl (C=O) groups excluding carboxylic acids is 2. The number of hydrogen-bond donors (Lipinski definition) is 0. The van der Waals surface area contributed by atoms with Gasteiger partial charge in [-0.2, -0.15) is 0 Å². The van der Waals surface area contributed by atoms with E-state index >= 15 is 0 Å². The molecule has 1 fully saturated rings. The van der Waals surface area contributed by atoms with E-state index in [1.807, 2.05) is 34.8 Å². The fourth-order valence-corrected chi connectivity index (χ4v) is 4.92. The topological polar surface area (TPSA) is 58.4 Å².